The summed E-state index contributed by atoms with van der Waals surface area (Å²) in [6.07, 6.45) is 1.36. The van der Waals surface area contributed by atoms with Gasteiger partial charge in [0, 0.05) is 43.5 Å². The third kappa shape index (κ3) is 3.68. The van der Waals surface area contributed by atoms with E-state index in [-0.39, 0.29) is 36.4 Å². The zero-order chi connectivity index (χ0) is 20.8. The molecule has 0 aliphatic carbocycles. The topological polar surface area (TPSA) is 88.8 Å². The number of nitrogens with zero attached hydrogens (tertiary/aromatic N) is 4. The Morgan fingerprint density at radius 3 is 2.80 bits per heavy atom. The molecular formula is C20H20Cl2N4O4. The third-order valence-electron chi connectivity index (χ3n) is 6.00. The SMILES string of the molecule is O=C1CO[C@H]2CCN(C(=O)N3CC(c4noc(-c5ccc(Cl)cc5Cl)n4)C3)C[C@H]2C1. The van der Waals surface area contributed by atoms with E-state index in [2.05, 4.69) is 10.1 Å². The number of rotatable bonds is 2. The van der Waals surface area contributed by atoms with E-state index in [0.717, 1.165) is 6.42 Å². The van der Waals surface area contributed by atoms with Gasteiger partial charge in [0.2, 0.25) is 0 Å². The number of hydrogen-bond acceptors (Lipinski definition) is 6. The number of fused-ring (bicyclic) bond motifs is 1. The number of Topliss-reactive ketones (excluding diaryl/α,β-unsaturated/α-hetero) is 1. The Hall–Kier alpha value is -2.16. The first kappa shape index (κ1) is 19.8. The molecule has 0 bridgehead atoms. The Morgan fingerprint density at radius 1 is 1.17 bits per heavy atom. The van der Waals surface area contributed by atoms with Gasteiger partial charge in [-0.3, -0.25) is 4.79 Å². The molecule has 2 aromatic rings. The van der Waals surface area contributed by atoms with E-state index in [1.165, 1.54) is 0 Å². The van der Waals surface area contributed by atoms with Crippen LogP contribution < -0.4 is 0 Å². The number of piperidine rings is 1. The van der Waals surface area contributed by atoms with Gasteiger partial charge in [0.1, 0.15) is 6.61 Å². The van der Waals surface area contributed by atoms with Crippen LogP contribution in [0.25, 0.3) is 11.5 Å². The van der Waals surface area contributed by atoms with E-state index < -0.39 is 0 Å². The number of ketones is 1. The minimum absolute atomic E-state index is 0.00723. The van der Waals surface area contributed by atoms with Crippen molar-refractivity contribution in [1.82, 2.24) is 19.9 Å². The van der Waals surface area contributed by atoms with Crippen LogP contribution in [0.2, 0.25) is 10.0 Å². The van der Waals surface area contributed by atoms with Crippen molar-refractivity contribution in [3.05, 3.63) is 34.1 Å². The quantitative estimate of drug-likeness (QED) is 0.697. The van der Waals surface area contributed by atoms with Crippen molar-refractivity contribution in [3.63, 3.8) is 0 Å². The molecule has 1 aromatic heterocycles. The van der Waals surface area contributed by atoms with Crippen molar-refractivity contribution in [1.29, 1.82) is 0 Å². The minimum atomic E-state index is -0.00723. The molecule has 3 aliphatic rings. The van der Waals surface area contributed by atoms with Crippen LogP contribution in [0.15, 0.2) is 22.7 Å². The second kappa shape index (κ2) is 7.83. The summed E-state index contributed by atoms with van der Waals surface area (Å²) < 4.78 is 11.0. The van der Waals surface area contributed by atoms with Crippen LogP contribution >= 0.6 is 23.2 Å². The average molecular weight is 451 g/mol. The molecule has 1 aromatic carbocycles. The molecule has 4 heterocycles. The van der Waals surface area contributed by atoms with Crippen LogP contribution in [0.5, 0.6) is 0 Å². The number of hydrogen-bond donors (Lipinski definition) is 0. The third-order valence-corrected chi connectivity index (χ3v) is 6.55. The summed E-state index contributed by atoms with van der Waals surface area (Å²) in [4.78, 5) is 32.6. The number of carbonyl (C=O) groups excluding carboxylic acids is 2. The second-order valence-electron chi connectivity index (χ2n) is 8.05. The first-order chi connectivity index (χ1) is 14.5. The molecule has 3 saturated heterocycles. The fourth-order valence-electron chi connectivity index (χ4n) is 4.32. The van der Waals surface area contributed by atoms with E-state index in [1.54, 1.807) is 23.1 Å². The lowest BCUT2D eigenvalue weighted by Gasteiger charge is -2.45. The number of carbonyl (C=O) groups is 2. The second-order valence-corrected chi connectivity index (χ2v) is 8.90. The number of urea groups is 1. The average Bonchev–Trinajstić information content (AvgIpc) is 3.15. The smallest absolute Gasteiger partial charge is 0.320 e. The monoisotopic (exact) mass is 450 g/mol. The highest BCUT2D eigenvalue weighted by Crippen LogP contribution is 2.33. The van der Waals surface area contributed by atoms with Gasteiger partial charge in [-0.2, -0.15) is 4.98 Å². The highest BCUT2D eigenvalue weighted by atomic mass is 35.5. The number of aromatic nitrogens is 2. The molecule has 2 atom stereocenters. The maximum absolute atomic E-state index is 12.8. The molecule has 10 heteroatoms. The van der Waals surface area contributed by atoms with Crippen molar-refractivity contribution in [2.45, 2.75) is 24.9 Å². The summed E-state index contributed by atoms with van der Waals surface area (Å²) in [5.41, 5.74) is 0.624. The molecule has 0 radical (unpaired) electrons. The first-order valence-electron chi connectivity index (χ1n) is 9.94. The van der Waals surface area contributed by atoms with E-state index in [9.17, 15) is 9.59 Å². The molecule has 5 rings (SSSR count). The van der Waals surface area contributed by atoms with Gasteiger partial charge in [0.05, 0.1) is 22.6 Å². The van der Waals surface area contributed by atoms with Crippen LogP contribution in [0, 0.1) is 5.92 Å². The number of ether oxygens (including phenoxy) is 1. The number of amides is 2. The Kier molecular flexibility index (Phi) is 5.16. The van der Waals surface area contributed by atoms with Crippen molar-refractivity contribution >= 4 is 35.0 Å². The van der Waals surface area contributed by atoms with Gasteiger partial charge in [-0.25, -0.2) is 4.79 Å². The normalized spacial score (nSPS) is 24.5. The summed E-state index contributed by atoms with van der Waals surface area (Å²) in [6.45, 7) is 2.49. The van der Waals surface area contributed by atoms with Crippen molar-refractivity contribution in [2.24, 2.45) is 5.92 Å². The minimum Gasteiger partial charge on any atom is -0.370 e. The highest BCUT2D eigenvalue weighted by molar-refractivity contribution is 6.36. The van der Waals surface area contributed by atoms with Gasteiger partial charge in [-0.1, -0.05) is 28.4 Å². The Morgan fingerprint density at radius 2 is 2.00 bits per heavy atom. The van der Waals surface area contributed by atoms with Gasteiger partial charge >= 0.3 is 6.03 Å². The highest BCUT2D eigenvalue weighted by Gasteiger charge is 2.41. The lowest BCUT2D eigenvalue weighted by molar-refractivity contribution is -0.140. The lowest BCUT2D eigenvalue weighted by atomic mass is 9.88. The van der Waals surface area contributed by atoms with Crippen LogP contribution in [-0.2, 0) is 9.53 Å². The largest absolute Gasteiger partial charge is 0.370 e. The van der Waals surface area contributed by atoms with E-state index in [1.807, 2.05) is 4.90 Å². The molecule has 0 spiro atoms. The van der Waals surface area contributed by atoms with Gasteiger partial charge in [0.15, 0.2) is 11.6 Å². The molecular weight excluding hydrogens is 431 g/mol. The van der Waals surface area contributed by atoms with Gasteiger partial charge in [0.25, 0.3) is 5.89 Å². The standard InChI is InChI=1S/C20H20Cl2N4O4/c21-13-1-2-15(16(22)6-13)19-23-18(24-30-19)12-8-26(9-12)20(28)25-4-3-17-11(7-25)5-14(27)10-29-17/h1-2,6,11-12,17H,3-5,7-10H2/t11-,17+/m1/s1. The molecule has 3 fully saturated rings. The Balaban J connectivity index is 1.19. The predicted molar refractivity (Wildman–Crippen MR) is 109 cm³/mol. The summed E-state index contributed by atoms with van der Waals surface area (Å²) in [5, 5.41) is 5.04. The molecule has 0 N–H and O–H groups in total. The van der Waals surface area contributed by atoms with E-state index in [4.69, 9.17) is 32.5 Å². The molecule has 30 heavy (non-hydrogen) atoms. The fraction of sp³-hybridized carbons (Fsp3) is 0.500. The fourth-order valence-corrected chi connectivity index (χ4v) is 4.81. The summed E-state index contributed by atoms with van der Waals surface area (Å²) in [5.74, 6) is 1.13. The van der Waals surface area contributed by atoms with E-state index in [0.29, 0.717) is 59.9 Å². The van der Waals surface area contributed by atoms with Crippen LogP contribution in [-0.4, -0.2) is 70.6 Å². The Labute approximate surface area is 183 Å². The predicted octanol–water partition coefficient (Wildman–Crippen LogP) is 3.24. The number of benzene rings is 1. The molecule has 3 aliphatic heterocycles. The van der Waals surface area contributed by atoms with Crippen LogP contribution in [0.4, 0.5) is 4.79 Å². The van der Waals surface area contributed by atoms with Crippen molar-refractivity contribution in [2.75, 3.05) is 32.8 Å². The molecule has 8 nitrogen and oxygen atoms in total. The summed E-state index contributed by atoms with van der Waals surface area (Å²) in [6, 6.07) is 5.07. The van der Waals surface area contributed by atoms with Crippen molar-refractivity contribution < 1.29 is 18.8 Å². The number of halogens is 2. The maximum Gasteiger partial charge on any atom is 0.320 e. The van der Waals surface area contributed by atoms with Crippen LogP contribution in [0.1, 0.15) is 24.6 Å². The summed E-state index contributed by atoms with van der Waals surface area (Å²) >= 11 is 12.1. The molecule has 0 unspecified atom stereocenters. The van der Waals surface area contributed by atoms with Gasteiger partial charge < -0.3 is 19.1 Å². The number of likely N-dealkylation sites (tertiary alicyclic amines) is 2. The van der Waals surface area contributed by atoms with Crippen molar-refractivity contribution in [3.8, 4) is 11.5 Å². The lowest BCUT2D eigenvalue weighted by Crippen LogP contribution is -2.58. The molecule has 158 valence electrons. The Bertz CT molecular complexity index is 991. The van der Waals surface area contributed by atoms with E-state index >= 15 is 0 Å². The zero-order valence-electron chi connectivity index (χ0n) is 16.1. The first-order valence-corrected chi connectivity index (χ1v) is 10.7. The van der Waals surface area contributed by atoms with Gasteiger partial charge in [-0.05, 0) is 24.6 Å². The van der Waals surface area contributed by atoms with Gasteiger partial charge in [-0.15, -0.1) is 0 Å². The maximum atomic E-state index is 12.8. The van der Waals surface area contributed by atoms with Crippen LogP contribution in [0.3, 0.4) is 0 Å². The zero-order valence-corrected chi connectivity index (χ0v) is 17.6. The molecule has 2 amide bonds. The summed E-state index contributed by atoms with van der Waals surface area (Å²) in [7, 11) is 0. The molecule has 0 saturated carbocycles.